The number of para-hydroxylation sites is 1. The molecule has 0 aromatic heterocycles. The Bertz CT molecular complexity index is 311. The van der Waals surface area contributed by atoms with E-state index in [9.17, 15) is 0 Å². The van der Waals surface area contributed by atoms with Gasteiger partial charge in [0.05, 0.1) is 36.9 Å². The third-order valence-electron chi connectivity index (χ3n) is 1.56. The van der Waals surface area contributed by atoms with Gasteiger partial charge in [0.25, 0.3) is 0 Å². The predicted octanol–water partition coefficient (Wildman–Crippen LogP) is 1.84. The number of rotatable bonds is 1. The fraction of sp³-hybridized carbons (Fsp3) is 0.143. The summed E-state index contributed by atoms with van der Waals surface area (Å²) in [4.78, 5) is 0. The van der Waals surface area contributed by atoms with Crippen LogP contribution in [-0.4, -0.2) is 5.11 Å². The normalized spacial score (nSPS) is 13.5. The molecule has 0 unspecified atom stereocenters. The lowest BCUT2D eigenvalue weighted by Gasteiger charge is -2.02. The van der Waals surface area contributed by atoms with E-state index in [1.54, 1.807) is 0 Å². The second-order valence-electron chi connectivity index (χ2n) is 2.21. The highest BCUT2D eigenvalue weighted by Gasteiger charge is 2.09. The Kier molecular flexibility index (Phi) is 1.87. The molecule has 1 aliphatic heterocycles. The van der Waals surface area contributed by atoms with Crippen molar-refractivity contribution in [2.45, 2.75) is 6.61 Å². The molecule has 0 bridgehead atoms. The Balaban J connectivity index is 2.55. The molecule has 0 fully saturated rings. The molecule has 0 saturated heterocycles. The van der Waals surface area contributed by atoms with E-state index in [0.29, 0.717) is 0 Å². The van der Waals surface area contributed by atoms with E-state index < -0.39 is 0 Å². The number of hydrogen-bond acceptors (Lipinski definition) is 3. The topological polar surface area (TPSA) is 44.6 Å². The number of benzene rings is 1. The molecule has 1 aromatic carbocycles. The van der Waals surface area contributed by atoms with Gasteiger partial charge in [-0.15, -0.1) is 3.25 Å². The van der Waals surface area contributed by atoms with Gasteiger partial charge in [-0.1, -0.05) is 12.1 Å². The van der Waals surface area contributed by atoms with E-state index >= 15 is 0 Å². The van der Waals surface area contributed by atoms with E-state index in [2.05, 4.69) is 14.7 Å². The lowest BCUT2D eigenvalue weighted by atomic mass is 10.2. The quantitative estimate of drug-likeness (QED) is 0.758. The van der Waals surface area contributed by atoms with Crippen LogP contribution in [0.25, 0.3) is 0 Å². The summed E-state index contributed by atoms with van der Waals surface area (Å²) in [6.07, 6.45) is 0. The summed E-state index contributed by atoms with van der Waals surface area (Å²) >= 11 is -0.198. The number of halogens is 1. The largest absolute Gasteiger partial charge is 0.392 e. The van der Waals surface area contributed by atoms with Crippen LogP contribution in [0.15, 0.2) is 21.5 Å². The highest BCUT2D eigenvalue weighted by Crippen LogP contribution is 2.32. The zero-order valence-corrected chi connectivity index (χ0v) is 7.87. The predicted molar refractivity (Wildman–Crippen MR) is 51.1 cm³/mol. The number of nitrogens with zero attached hydrogens (tertiary/aromatic N) is 1. The Morgan fingerprint density at radius 2 is 2.45 bits per heavy atom. The lowest BCUT2D eigenvalue weighted by molar-refractivity contribution is 0.282. The van der Waals surface area contributed by atoms with Gasteiger partial charge < -0.3 is 5.11 Å². The van der Waals surface area contributed by atoms with Crippen LogP contribution in [0.2, 0.25) is 0 Å². The van der Waals surface area contributed by atoms with E-state index in [1.807, 2.05) is 12.1 Å². The van der Waals surface area contributed by atoms with Crippen LogP contribution in [0, 0.1) is 3.57 Å². The second kappa shape index (κ2) is 2.86. The Morgan fingerprint density at radius 1 is 1.55 bits per heavy atom. The van der Waals surface area contributed by atoms with Crippen molar-refractivity contribution in [2.75, 3.05) is 5.43 Å². The van der Waals surface area contributed by atoms with E-state index in [0.717, 1.165) is 11.3 Å². The van der Waals surface area contributed by atoms with Crippen molar-refractivity contribution in [3.05, 3.63) is 27.3 Å². The van der Waals surface area contributed by atoms with Crippen molar-refractivity contribution in [3.8, 4) is 0 Å². The highest BCUT2D eigenvalue weighted by molar-refractivity contribution is 14.2. The number of hydrogen-bond donors (Lipinski definition) is 2. The Labute approximate surface area is 74.6 Å². The Morgan fingerprint density at radius 3 is 3.27 bits per heavy atom. The van der Waals surface area contributed by atoms with Crippen molar-refractivity contribution >= 4 is 26.7 Å². The van der Waals surface area contributed by atoms with Gasteiger partial charge in [-0.05, 0) is 6.07 Å². The number of anilines is 1. The molecule has 1 aromatic rings. The zero-order chi connectivity index (χ0) is 7.68. The SMILES string of the molecule is OCc1cccc2c1NN=I2. The van der Waals surface area contributed by atoms with E-state index in [4.69, 9.17) is 5.11 Å². The second-order valence-corrected chi connectivity index (χ2v) is 4.34. The molecule has 3 nitrogen and oxygen atoms in total. The van der Waals surface area contributed by atoms with Crippen LogP contribution in [0.5, 0.6) is 0 Å². The van der Waals surface area contributed by atoms with Crippen LogP contribution in [-0.2, 0) is 6.61 Å². The first-order chi connectivity index (χ1) is 5.42. The van der Waals surface area contributed by atoms with Gasteiger partial charge in [-0.25, -0.2) is 0 Å². The van der Waals surface area contributed by atoms with Crippen LogP contribution in [0.1, 0.15) is 5.56 Å². The van der Waals surface area contributed by atoms with Gasteiger partial charge in [-0.3, -0.25) is 5.43 Å². The van der Waals surface area contributed by atoms with Crippen molar-refractivity contribution < 1.29 is 5.11 Å². The third kappa shape index (κ3) is 1.16. The van der Waals surface area contributed by atoms with Gasteiger partial charge in [0.1, 0.15) is 0 Å². The average Bonchev–Trinajstić information content (AvgIpc) is 2.50. The third-order valence-corrected chi connectivity index (χ3v) is 3.46. The average molecular weight is 262 g/mol. The molecule has 1 aliphatic rings. The number of aliphatic hydroxyl groups excluding tert-OH is 1. The smallest absolute Gasteiger partial charge is 0.0765 e. The van der Waals surface area contributed by atoms with Gasteiger partial charge in [0.15, 0.2) is 0 Å². The maximum absolute atomic E-state index is 8.93. The molecular weight excluding hydrogens is 255 g/mol. The van der Waals surface area contributed by atoms with Gasteiger partial charge in [-0.2, -0.15) is 0 Å². The lowest BCUT2D eigenvalue weighted by Crippen LogP contribution is -1.92. The molecule has 0 radical (unpaired) electrons. The fourth-order valence-electron chi connectivity index (χ4n) is 1.01. The molecule has 0 saturated carbocycles. The number of nitrogens with one attached hydrogen (secondary N) is 1. The summed E-state index contributed by atoms with van der Waals surface area (Å²) in [6.45, 7) is 0.0927. The monoisotopic (exact) mass is 262 g/mol. The first-order valence-electron chi connectivity index (χ1n) is 3.25. The van der Waals surface area contributed by atoms with Crippen molar-refractivity contribution in [1.29, 1.82) is 0 Å². The molecule has 0 atom stereocenters. The van der Waals surface area contributed by atoms with Gasteiger partial charge in [0.2, 0.25) is 0 Å². The first-order valence-corrected chi connectivity index (χ1v) is 5.29. The molecular formula is C7H7IN2O. The van der Waals surface area contributed by atoms with E-state index in [-0.39, 0.29) is 27.6 Å². The summed E-state index contributed by atoms with van der Waals surface area (Å²) in [7, 11) is 0. The number of aliphatic hydroxyl groups is 1. The van der Waals surface area contributed by atoms with Crippen molar-refractivity contribution in [1.82, 2.24) is 0 Å². The van der Waals surface area contributed by atoms with Crippen LogP contribution in [0.4, 0.5) is 5.69 Å². The molecule has 2 rings (SSSR count). The molecule has 0 amide bonds. The first kappa shape index (κ1) is 7.17. The van der Waals surface area contributed by atoms with Crippen LogP contribution >= 0.6 is 21.0 Å². The van der Waals surface area contributed by atoms with Crippen molar-refractivity contribution in [2.24, 2.45) is 3.25 Å². The minimum Gasteiger partial charge on any atom is -0.392 e. The molecule has 4 heteroatoms. The number of fused-ring (bicyclic) bond motifs is 1. The summed E-state index contributed by atoms with van der Waals surface area (Å²) in [5, 5.41) is 8.93. The minimum atomic E-state index is -0.198. The zero-order valence-electron chi connectivity index (χ0n) is 5.71. The molecule has 0 aliphatic carbocycles. The maximum Gasteiger partial charge on any atom is 0.0765 e. The summed E-state index contributed by atoms with van der Waals surface area (Å²) < 4.78 is 5.38. The van der Waals surface area contributed by atoms with E-state index in [1.165, 1.54) is 3.57 Å². The summed E-state index contributed by atoms with van der Waals surface area (Å²) in [5.74, 6) is 0. The van der Waals surface area contributed by atoms with Crippen molar-refractivity contribution in [3.63, 3.8) is 0 Å². The summed E-state index contributed by atoms with van der Waals surface area (Å²) in [5.41, 5.74) is 4.91. The highest BCUT2D eigenvalue weighted by atomic mass is 127. The van der Waals surface area contributed by atoms with Crippen LogP contribution in [0.3, 0.4) is 0 Å². The van der Waals surface area contributed by atoms with Crippen LogP contribution < -0.4 is 5.43 Å². The standard InChI is InChI=1S/C7H7IN2O/c11-4-5-2-1-3-6-7(5)9-10-8-6/h1-3,9,11H,4H2. The molecule has 11 heavy (non-hydrogen) atoms. The Hall–Kier alpha value is -0.490. The molecule has 0 spiro atoms. The summed E-state index contributed by atoms with van der Waals surface area (Å²) in [6, 6.07) is 5.94. The van der Waals surface area contributed by atoms with Gasteiger partial charge in [0, 0.05) is 5.56 Å². The maximum atomic E-state index is 8.93. The molecule has 58 valence electrons. The minimum absolute atomic E-state index is 0.0927. The molecule has 1 heterocycles. The molecule has 2 N–H and O–H groups in total. The fourth-order valence-corrected chi connectivity index (χ4v) is 2.70. The van der Waals surface area contributed by atoms with Gasteiger partial charge >= 0.3 is 0 Å².